The number of alkyl halides is 3. The third-order valence-corrected chi connectivity index (χ3v) is 3.96. The summed E-state index contributed by atoms with van der Waals surface area (Å²) in [6.07, 6.45) is -4.39. The summed E-state index contributed by atoms with van der Waals surface area (Å²) in [5.41, 5.74) is -0.729. The summed E-state index contributed by atoms with van der Waals surface area (Å²) in [5.74, 6) is -1.92. The molecule has 1 heterocycles. The maximum absolute atomic E-state index is 12.9. The van der Waals surface area contributed by atoms with Gasteiger partial charge in [-0.05, 0) is 32.9 Å². The van der Waals surface area contributed by atoms with E-state index >= 15 is 0 Å². The highest BCUT2D eigenvalue weighted by Gasteiger charge is 2.40. The number of hydrogen-bond acceptors (Lipinski definition) is 3. The van der Waals surface area contributed by atoms with Gasteiger partial charge >= 0.3 is 12.3 Å². The zero-order valence-corrected chi connectivity index (χ0v) is 16.1. The molecule has 0 bridgehead atoms. The van der Waals surface area contributed by atoms with Gasteiger partial charge in [-0.25, -0.2) is 4.79 Å². The van der Waals surface area contributed by atoms with Crippen LogP contribution in [0.2, 0.25) is 5.02 Å². The van der Waals surface area contributed by atoms with Crippen molar-refractivity contribution in [2.24, 2.45) is 0 Å². The normalized spacial score (nSPS) is 12.3. The molecule has 0 atom stereocenters. The molecule has 5 nitrogen and oxygen atoms in total. The van der Waals surface area contributed by atoms with Gasteiger partial charge in [0.15, 0.2) is 0 Å². The van der Waals surface area contributed by atoms with Crippen LogP contribution in [0.1, 0.15) is 31.1 Å². The molecule has 0 fully saturated rings. The molecule has 0 aliphatic rings. The number of halogens is 4. The lowest BCUT2D eigenvalue weighted by molar-refractivity contribution is -0.0884. The van der Waals surface area contributed by atoms with E-state index in [1.54, 1.807) is 20.8 Å². The van der Waals surface area contributed by atoms with E-state index in [1.807, 2.05) is 0 Å². The molecule has 0 saturated heterocycles. The van der Waals surface area contributed by atoms with Gasteiger partial charge in [0.1, 0.15) is 5.60 Å². The molecule has 2 rings (SSSR count). The third kappa shape index (κ3) is 5.15. The first-order valence-corrected chi connectivity index (χ1v) is 8.51. The van der Waals surface area contributed by atoms with E-state index < -0.39 is 29.2 Å². The Morgan fingerprint density at radius 3 is 2.41 bits per heavy atom. The van der Waals surface area contributed by atoms with Crippen molar-refractivity contribution in [2.75, 3.05) is 13.6 Å². The summed E-state index contributed by atoms with van der Waals surface area (Å²) in [4.78, 5) is 25.1. The smallest absolute Gasteiger partial charge is 0.444 e. The Labute approximate surface area is 159 Å². The number of ether oxygens (including phenoxy) is 1. The third-order valence-electron chi connectivity index (χ3n) is 3.73. The lowest BCUT2D eigenvalue weighted by atomic mass is 10.1. The van der Waals surface area contributed by atoms with Crippen LogP contribution in [-0.4, -0.2) is 46.7 Å². The van der Waals surface area contributed by atoms with Crippen molar-refractivity contribution < 1.29 is 27.5 Å². The molecule has 0 aliphatic heterocycles. The van der Waals surface area contributed by atoms with Crippen LogP contribution in [0, 0.1) is 0 Å². The van der Waals surface area contributed by atoms with Gasteiger partial charge in [-0.15, -0.1) is 0 Å². The van der Waals surface area contributed by atoms with Crippen LogP contribution in [-0.2, 0) is 11.3 Å². The molecular formula is C18H20ClF3N2O3. The van der Waals surface area contributed by atoms with E-state index in [9.17, 15) is 22.8 Å². The maximum Gasteiger partial charge on any atom is 0.454 e. The second-order valence-corrected chi connectivity index (χ2v) is 7.56. The average molecular weight is 405 g/mol. The Hall–Kier alpha value is -2.22. The summed E-state index contributed by atoms with van der Waals surface area (Å²) in [6, 6.07) is 4.29. The Kier molecular flexibility index (Phi) is 5.79. The van der Waals surface area contributed by atoms with Gasteiger partial charge in [0.25, 0.3) is 5.78 Å². The van der Waals surface area contributed by atoms with E-state index in [2.05, 4.69) is 0 Å². The summed E-state index contributed by atoms with van der Waals surface area (Å²) in [7, 11) is 1.52. The summed E-state index contributed by atoms with van der Waals surface area (Å²) < 4.78 is 45.3. The highest BCUT2D eigenvalue weighted by Crippen LogP contribution is 2.30. The number of hydrogen-bond donors (Lipinski definition) is 0. The number of carbonyl (C=O) groups excluding carboxylic acids is 2. The van der Waals surface area contributed by atoms with Crippen LogP contribution in [0.3, 0.4) is 0 Å². The fourth-order valence-electron chi connectivity index (χ4n) is 2.47. The number of benzene rings is 1. The minimum atomic E-state index is -4.98. The first kappa shape index (κ1) is 21.1. The number of aromatic nitrogens is 1. The molecule has 1 aromatic heterocycles. The van der Waals surface area contributed by atoms with Crippen molar-refractivity contribution in [2.45, 2.75) is 39.1 Å². The minimum absolute atomic E-state index is 0.154. The lowest BCUT2D eigenvalue weighted by Crippen LogP contribution is -2.35. The SMILES string of the molecule is CN(CCn1cc(C(=O)C(F)(F)F)c2ccc(Cl)cc21)C(=O)OC(C)(C)C. The van der Waals surface area contributed by atoms with Gasteiger partial charge in [0, 0.05) is 36.7 Å². The fourth-order valence-corrected chi connectivity index (χ4v) is 2.64. The van der Waals surface area contributed by atoms with Crippen LogP contribution in [0.25, 0.3) is 10.9 Å². The average Bonchev–Trinajstić information content (AvgIpc) is 2.86. The van der Waals surface area contributed by atoms with Crippen LogP contribution in [0.15, 0.2) is 24.4 Å². The Morgan fingerprint density at radius 2 is 1.85 bits per heavy atom. The molecule has 1 aromatic carbocycles. The molecule has 9 heteroatoms. The van der Waals surface area contributed by atoms with Crippen molar-refractivity contribution in [1.29, 1.82) is 0 Å². The van der Waals surface area contributed by atoms with E-state index in [-0.39, 0.29) is 18.5 Å². The van der Waals surface area contributed by atoms with Crippen molar-refractivity contribution in [3.63, 3.8) is 0 Å². The van der Waals surface area contributed by atoms with Gasteiger partial charge in [-0.3, -0.25) is 4.79 Å². The molecule has 0 unspecified atom stereocenters. The molecule has 0 spiro atoms. The molecular weight excluding hydrogens is 385 g/mol. The molecule has 2 aromatic rings. The summed E-state index contributed by atoms with van der Waals surface area (Å²) >= 11 is 5.95. The van der Waals surface area contributed by atoms with Crippen LogP contribution >= 0.6 is 11.6 Å². The Balaban J connectivity index is 2.29. The van der Waals surface area contributed by atoms with E-state index in [0.717, 1.165) is 6.20 Å². The second kappa shape index (κ2) is 7.42. The molecule has 0 aliphatic carbocycles. The highest BCUT2D eigenvalue weighted by molar-refractivity contribution is 6.31. The van der Waals surface area contributed by atoms with E-state index in [0.29, 0.717) is 10.5 Å². The number of likely N-dealkylation sites (N-methyl/N-ethyl adjacent to an activating group) is 1. The predicted octanol–water partition coefficient (Wildman–Crippen LogP) is 4.91. The topological polar surface area (TPSA) is 51.5 Å². The first-order valence-electron chi connectivity index (χ1n) is 8.13. The second-order valence-electron chi connectivity index (χ2n) is 7.13. The predicted molar refractivity (Wildman–Crippen MR) is 96.2 cm³/mol. The number of Topliss-reactive ketones (excluding diaryl/α,β-unsaturated/α-hetero) is 1. The Bertz CT molecular complexity index is 869. The molecule has 0 N–H and O–H groups in total. The monoisotopic (exact) mass is 404 g/mol. The molecule has 0 saturated carbocycles. The van der Waals surface area contributed by atoms with Crippen LogP contribution in [0.4, 0.5) is 18.0 Å². The summed E-state index contributed by atoms with van der Waals surface area (Å²) in [5, 5.41) is 0.481. The zero-order chi connectivity index (χ0) is 20.6. The van der Waals surface area contributed by atoms with Crippen molar-refractivity contribution >= 4 is 34.4 Å². The first-order chi connectivity index (χ1) is 12.3. The van der Waals surface area contributed by atoms with Crippen LogP contribution in [0.5, 0.6) is 0 Å². The van der Waals surface area contributed by atoms with Gasteiger partial charge in [0.05, 0.1) is 11.1 Å². The summed E-state index contributed by atoms with van der Waals surface area (Å²) in [6.45, 7) is 5.53. The maximum atomic E-state index is 12.9. The van der Waals surface area contributed by atoms with Crippen molar-refractivity contribution in [3.05, 3.63) is 35.0 Å². The fraction of sp³-hybridized carbons (Fsp3) is 0.444. The van der Waals surface area contributed by atoms with Crippen molar-refractivity contribution in [3.8, 4) is 0 Å². The zero-order valence-electron chi connectivity index (χ0n) is 15.4. The lowest BCUT2D eigenvalue weighted by Gasteiger charge is -2.24. The molecule has 27 heavy (non-hydrogen) atoms. The number of ketones is 1. The number of carbonyl (C=O) groups is 2. The van der Waals surface area contributed by atoms with Crippen LogP contribution < -0.4 is 0 Å². The number of amides is 1. The Morgan fingerprint density at radius 1 is 1.22 bits per heavy atom. The number of fused-ring (bicyclic) bond motifs is 1. The number of rotatable bonds is 4. The highest BCUT2D eigenvalue weighted by atomic mass is 35.5. The van der Waals surface area contributed by atoms with E-state index in [4.69, 9.17) is 16.3 Å². The molecule has 148 valence electrons. The quantitative estimate of drug-likeness (QED) is 0.680. The van der Waals surface area contributed by atoms with Gasteiger partial charge in [-0.2, -0.15) is 13.2 Å². The molecule has 0 radical (unpaired) electrons. The minimum Gasteiger partial charge on any atom is -0.444 e. The van der Waals surface area contributed by atoms with E-state index in [1.165, 1.54) is 34.7 Å². The largest absolute Gasteiger partial charge is 0.454 e. The van der Waals surface area contributed by atoms with Crippen molar-refractivity contribution in [1.82, 2.24) is 9.47 Å². The molecule has 1 amide bonds. The van der Waals surface area contributed by atoms with Gasteiger partial charge < -0.3 is 14.2 Å². The number of nitrogens with zero attached hydrogens (tertiary/aromatic N) is 2. The standard InChI is InChI=1S/C18H20ClF3N2O3/c1-17(2,3)27-16(26)23(4)7-8-24-10-13(15(25)18(20,21)22)12-6-5-11(19)9-14(12)24/h5-6,9-10H,7-8H2,1-4H3. The van der Waals surface area contributed by atoms with Gasteiger partial charge in [-0.1, -0.05) is 17.7 Å². The van der Waals surface area contributed by atoms with Gasteiger partial charge in [0.2, 0.25) is 0 Å².